The molecule has 1 fully saturated rings. The van der Waals surface area contributed by atoms with E-state index in [0.717, 1.165) is 23.0 Å². The Morgan fingerprint density at radius 1 is 1.39 bits per heavy atom. The molecule has 122 valence electrons. The molecule has 0 aliphatic carbocycles. The highest BCUT2D eigenvalue weighted by Gasteiger charge is 2.25. The van der Waals surface area contributed by atoms with Crippen LogP contribution >= 0.6 is 15.9 Å². The minimum Gasteiger partial charge on any atom is -0.504 e. The highest BCUT2D eigenvalue weighted by atomic mass is 79.9. The normalized spacial score (nSPS) is 18.8. The largest absolute Gasteiger partial charge is 0.504 e. The third kappa shape index (κ3) is 3.67. The lowest BCUT2D eigenvalue weighted by Crippen LogP contribution is -2.33. The first-order valence-corrected chi connectivity index (χ1v) is 8.67. The highest BCUT2D eigenvalue weighted by Crippen LogP contribution is 2.37. The molecule has 0 radical (unpaired) electrons. The SMILES string of the molecule is COc1cc(Br)cc(CN2CCCCC2c2cccnc2)c1O. The number of halogens is 1. The summed E-state index contributed by atoms with van der Waals surface area (Å²) in [6.45, 7) is 1.72. The predicted molar refractivity (Wildman–Crippen MR) is 93.6 cm³/mol. The Hall–Kier alpha value is -1.59. The molecule has 0 saturated carbocycles. The number of methoxy groups -OCH3 is 1. The number of aromatic hydroxyl groups is 1. The van der Waals surface area contributed by atoms with E-state index in [0.29, 0.717) is 18.3 Å². The molecule has 23 heavy (non-hydrogen) atoms. The van der Waals surface area contributed by atoms with Crippen LogP contribution in [0.3, 0.4) is 0 Å². The van der Waals surface area contributed by atoms with Gasteiger partial charge in [0.1, 0.15) is 0 Å². The lowest BCUT2D eigenvalue weighted by molar-refractivity contribution is 0.138. The highest BCUT2D eigenvalue weighted by molar-refractivity contribution is 9.10. The maximum atomic E-state index is 10.4. The predicted octanol–water partition coefficient (Wildman–Crippen LogP) is 4.29. The summed E-state index contributed by atoms with van der Waals surface area (Å²) in [5, 5.41) is 10.4. The zero-order valence-corrected chi connectivity index (χ0v) is 14.8. The van der Waals surface area contributed by atoms with E-state index in [-0.39, 0.29) is 5.75 Å². The number of ether oxygens (including phenoxy) is 1. The molecule has 0 spiro atoms. The molecule has 2 aromatic rings. The lowest BCUT2D eigenvalue weighted by atomic mass is 9.95. The number of benzene rings is 1. The van der Waals surface area contributed by atoms with Gasteiger partial charge in [0.2, 0.25) is 0 Å². The number of rotatable bonds is 4. The zero-order chi connectivity index (χ0) is 16.2. The van der Waals surface area contributed by atoms with Crippen molar-refractivity contribution in [2.75, 3.05) is 13.7 Å². The van der Waals surface area contributed by atoms with Gasteiger partial charge in [-0.2, -0.15) is 0 Å². The maximum Gasteiger partial charge on any atom is 0.162 e. The van der Waals surface area contributed by atoms with Gasteiger partial charge in [-0.1, -0.05) is 28.4 Å². The summed E-state index contributed by atoms with van der Waals surface area (Å²) in [4.78, 5) is 6.67. The quantitative estimate of drug-likeness (QED) is 0.864. The van der Waals surface area contributed by atoms with Crippen molar-refractivity contribution in [2.45, 2.75) is 31.8 Å². The van der Waals surface area contributed by atoms with Crippen molar-refractivity contribution in [1.82, 2.24) is 9.88 Å². The summed E-state index contributed by atoms with van der Waals surface area (Å²) in [5.74, 6) is 0.732. The molecule has 3 rings (SSSR count). The molecule has 1 aromatic heterocycles. The van der Waals surface area contributed by atoms with Gasteiger partial charge in [0.05, 0.1) is 7.11 Å². The smallest absolute Gasteiger partial charge is 0.162 e. The van der Waals surface area contributed by atoms with E-state index < -0.39 is 0 Å². The van der Waals surface area contributed by atoms with Gasteiger partial charge in [-0.15, -0.1) is 0 Å². The van der Waals surface area contributed by atoms with Crippen molar-refractivity contribution in [3.63, 3.8) is 0 Å². The summed E-state index contributed by atoms with van der Waals surface area (Å²) in [6.07, 6.45) is 7.29. The van der Waals surface area contributed by atoms with Crippen molar-refractivity contribution >= 4 is 15.9 Å². The first kappa shape index (κ1) is 16.3. The number of piperidine rings is 1. The molecule has 1 aromatic carbocycles. The Kier molecular flexibility index (Phi) is 5.18. The monoisotopic (exact) mass is 376 g/mol. The van der Waals surface area contributed by atoms with Gasteiger partial charge in [-0.05, 0) is 43.1 Å². The molecule has 4 nitrogen and oxygen atoms in total. The van der Waals surface area contributed by atoms with E-state index in [1.54, 1.807) is 13.2 Å². The van der Waals surface area contributed by atoms with Crippen LogP contribution in [-0.2, 0) is 6.54 Å². The number of nitrogens with zero attached hydrogens (tertiary/aromatic N) is 2. The molecule has 2 heterocycles. The van der Waals surface area contributed by atoms with Crippen LogP contribution in [0.4, 0.5) is 0 Å². The third-order valence-electron chi connectivity index (χ3n) is 4.39. The number of pyridine rings is 1. The fourth-order valence-electron chi connectivity index (χ4n) is 3.25. The summed E-state index contributed by atoms with van der Waals surface area (Å²) in [7, 11) is 1.57. The molecule has 1 aliphatic heterocycles. The Bertz CT molecular complexity index is 664. The number of phenolic OH excluding ortho intramolecular Hbond substituents is 1. The van der Waals surface area contributed by atoms with E-state index >= 15 is 0 Å². The number of likely N-dealkylation sites (tertiary alicyclic amines) is 1. The van der Waals surface area contributed by atoms with Gasteiger partial charge in [0.25, 0.3) is 0 Å². The van der Waals surface area contributed by atoms with E-state index in [1.807, 2.05) is 24.5 Å². The lowest BCUT2D eigenvalue weighted by Gasteiger charge is -2.36. The van der Waals surface area contributed by atoms with Crippen molar-refractivity contribution in [1.29, 1.82) is 0 Å². The van der Waals surface area contributed by atoms with Gasteiger partial charge < -0.3 is 9.84 Å². The van der Waals surface area contributed by atoms with Crippen LogP contribution < -0.4 is 4.74 Å². The minimum absolute atomic E-state index is 0.228. The van der Waals surface area contributed by atoms with Crippen LogP contribution in [0.1, 0.15) is 36.4 Å². The molecule has 0 bridgehead atoms. The van der Waals surface area contributed by atoms with E-state index in [9.17, 15) is 5.11 Å². The summed E-state index contributed by atoms with van der Waals surface area (Å²) < 4.78 is 6.17. The molecule has 0 amide bonds. The topological polar surface area (TPSA) is 45.6 Å². The second kappa shape index (κ2) is 7.32. The van der Waals surface area contributed by atoms with Gasteiger partial charge in [-0.25, -0.2) is 0 Å². The summed E-state index contributed by atoms with van der Waals surface area (Å²) in [5.41, 5.74) is 2.13. The van der Waals surface area contributed by atoms with E-state index in [1.165, 1.54) is 18.4 Å². The molecule has 5 heteroatoms. The standard InChI is InChI=1S/C18H21BrN2O2/c1-23-17-10-15(19)9-14(18(17)22)12-21-8-3-2-6-16(21)13-5-4-7-20-11-13/h4-5,7,9-11,16,22H,2-3,6,8,12H2,1H3. The average Bonchev–Trinajstić information content (AvgIpc) is 2.59. The van der Waals surface area contributed by atoms with Crippen molar-refractivity contribution in [3.05, 3.63) is 52.3 Å². The van der Waals surface area contributed by atoms with E-state index in [4.69, 9.17) is 4.74 Å². The Labute approximate surface area is 145 Å². The fraction of sp³-hybridized carbons (Fsp3) is 0.389. The number of aromatic nitrogens is 1. The van der Waals surface area contributed by atoms with Crippen LogP contribution in [0, 0.1) is 0 Å². The van der Waals surface area contributed by atoms with Crippen LogP contribution in [0.15, 0.2) is 41.1 Å². The Morgan fingerprint density at radius 3 is 3.00 bits per heavy atom. The minimum atomic E-state index is 0.228. The molecular weight excluding hydrogens is 356 g/mol. The number of hydrogen-bond acceptors (Lipinski definition) is 4. The Balaban J connectivity index is 1.87. The van der Waals surface area contributed by atoms with E-state index in [2.05, 4.69) is 31.9 Å². The Morgan fingerprint density at radius 2 is 2.26 bits per heavy atom. The van der Waals surface area contributed by atoms with Crippen molar-refractivity contribution in [2.24, 2.45) is 0 Å². The zero-order valence-electron chi connectivity index (χ0n) is 13.2. The van der Waals surface area contributed by atoms with Gasteiger partial charge in [-0.3, -0.25) is 9.88 Å². The molecule has 1 saturated heterocycles. The first-order valence-electron chi connectivity index (χ1n) is 7.88. The van der Waals surface area contributed by atoms with Crippen molar-refractivity contribution in [3.8, 4) is 11.5 Å². The summed E-state index contributed by atoms with van der Waals surface area (Å²) in [6, 6.07) is 8.22. The maximum absolute atomic E-state index is 10.4. The van der Waals surface area contributed by atoms with Crippen LogP contribution in [0.2, 0.25) is 0 Å². The van der Waals surface area contributed by atoms with Gasteiger partial charge in [0.15, 0.2) is 11.5 Å². The second-order valence-corrected chi connectivity index (χ2v) is 6.80. The summed E-state index contributed by atoms with van der Waals surface area (Å²) >= 11 is 3.49. The third-order valence-corrected chi connectivity index (χ3v) is 4.85. The molecular formula is C18H21BrN2O2. The number of hydrogen-bond donors (Lipinski definition) is 1. The van der Waals surface area contributed by atoms with Crippen LogP contribution in [-0.4, -0.2) is 28.6 Å². The second-order valence-electron chi connectivity index (χ2n) is 5.88. The molecule has 1 aliphatic rings. The first-order chi connectivity index (χ1) is 11.2. The average molecular weight is 377 g/mol. The van der Waals surface area contributed by atoms with Gasteiger partial charge in [0, 0.05) is 35.0 Å². The van der Waals surface area contributed by atoms with Crippen LogP contribution in [0.5, 0.6) is 11.5 Å². The van der Waals surface area contributed by atoms with Crippen LogP contribution in [0.25, 0.3) is 0 Å². The van der Waals surface area contributed by atoms with Gasteiger partial charge >= 0.3 is 0 Å². The fourth-order valence-corrected chi connectivity index (χ4v) is 3.74. The van der Waals surface area contributed by atoms with Crippen molar-refractivity contribution < 1.29 is 9.84 Å². The molecule has 1 unspecified atom stereocenters. The molecule has 1 atom stereocenters. The molecule has 1 N–H and O–H groups in total. The number of phenols is 1.